The molecule has 0 aliphatic carbocycles. The smallest absolute Gasteiger partial charge is 0.116 e. The van der Waals surface area contributed by atoms with Crippen LogP contribution < -0.4 is 0 Å². The monoisotopic (exact) mass is 188 g/mol. The Morgan fingerprint density at radius 3 is 2.64 bits per heavy atom. The van der Waals surface area contributed by atoms with Gasteiger partial charge in [0.25, 0.3) is 0 Å². The van der Waals surface area contributed by atoms with Gasteiger partial charge in [0.1, 0.15) is 5.75 Å². The van der Waals surface area contributed by atoms with Gasteiger partial charge in [-0.05, 0) is 35.4 Å². The summed E-state index contributed by atoms with van der Waals surface area (Å²) in [5.74, 6) is 0.250. The molecule has 0 saturated heterocycles. The fraction of sp³-hybridized carbons (Fsp3) is 0.167. The second-order valence-electron chi connectivity index (χ2n) is 3.43. The maximum Gasteiger partial charge on any atom is 0.116 e. The van der Waals surface area contributed by atoms with Crippen molar-refractivity contribution in [1.29, 1.82) is 0 Å². The van der Waals surface area contributed by atoms with E-state index in [1.54, 1.807) is 19.1 Å². The van der Waals surface area contributed by atoms with Crippen molar-refractivity contribution in [2.75, 3.05) is 0 Å². The minimum Gasteiger partial charge on any atom is -0.508 e. The Balaban J connectivity index is 2.75. The van der Waals surface area contributed by atoms with E-state index in [4.69, 9.17) is 0 Å². The highest BCUT2D eigenvalue weighted by Crippen LogP contribution is 2.26. The van der Waals surface area contributed by atoms with Gasteiger partial charge in [0, 0.05) is 0 Å². The lowest BCUT2D eigenvalue weighted by Gasteiger charge is -2.08. The average molecular weight is 188 g/mol. The van der Waals surface area contributed by atoms with Crippen LogP contribution >= 0.6 is 0 Å². The van der Waals surface area contributed by atoms with Crippen LogP contribution in [0, 0.1) is 0 Å². The summed E-state index contributed by atoms with van der Waals surface area (Å²) in [5, 5.41) is 20.8. The van der Waals surface area contributed by atoms with Gasteiger partial charge in [0.2, 0.25) is 0 Å². The van der Waals surface area contributed by atoms with E-state index >= 15 is 0 Å². The van der Waals surface area contributed by atoms with Gasteiger partial charge in [-0.3, -0.25) is 0 Å². The van der Waals surface area contributed by atoms with E-state index in [0.717, 1.165) is 16.3 Å². The Labute approximate surface area is 82.4 Å². The molecule has 2 rings (SSSR count). The van der Waals surface area contributed by atoms with Gasteiger partial charge in [0.15, 0.2) is 0 Å². The first-order valence-corrected chi connectivity index (χ1v) is 4.58. The highest BCUT2D eigenvalue weighted by atomic mass is 16.3. The quantitative estimate of drug-likeness (QED) is 0.722. The van der Waals surface area contributed by atoms with Crippen LogP contribution in [0.15, 0.2) is 36.4 Å². The van der Waals surface area contributed by atoms with Crippen molar-refractivity contribution < 1.29 is 10.2 Å². The summed E-state index contributed by atoms with van der Waals surface area (Å²) in [6.07, 6.45) is -0.483. The number of phenols is 1. The van der Waals surface area contributed by atoms with Crippen LogP contribution in [-0.2, 0) is 0 Å². The normalized spacial score (nSPS) is 13.0. The molecule has 0 heterocycles. The summed E-state index contributed by atoms with van der Waals surface area (Å²) < 4.78 is 0. The first-order chi connectivity index (χ1) is 6.68. The Bertz CT molecular complexity index is 461. The number of hydrogen-bond acceptors (Lipinski definition) is 2. The predicted molar refractivity (Wildman–Crippen MR) is 56.2 cm³/mol. The molecule has 0 fully saturated rings. The second kappa shape index (κ2) is 3.31. The SMILES string of the molecule is CC(O)c1cccc2cc(O)ccc12. The molecule has 2 N–H and O–H groups in total. The number of aliphatic hydroxyl groups is 1. The first kappa shape index (κ1) is 9.03. The minimum absolute atomic E-state index is 0.250. The third-order valence-corrected chi connectivity index (χ3v) is 2.35. The van der Waals surface area contributed by atoms with E-state index in [1.165, 1.54) is 0 Å². The molecule has 2 aromatic carbocycles. The van der Waals surface area contributed by atoms with Gasteiger partial charge in [-0.25, -0.2) is 0 Å². The van der Waals surface area contributed by atoms with E-state index < -0.39 is 6.10 Å². The highest BCUT2D eigenvalue weighted by molar-refractivity contribution is 5.87. The Kier molecular flexibility index (Phi) is 2.14. The van der Waals surface area contributed by atoms with Crippen molar-refractivity contribution >= 4 is 10.8 Å². The number of rotatable bonds is 1. The topological polar surface area (TPSA) is 40.5 Å². The maximum atomic E-state index is 9.53. The molecule has 0 bridgehead atoms. The van der Waals surface area contributed by atoms with Crippen LogP contribution in [0.4, 0.5) is 0 Å². The van der Waals surface area contributed by atoms with E-state index in [1.807, 2.05) is 24.3 Å². The standard InChI is InChI=1S/C12H12O2/c1-8(13)11-4-2-3-9-7-10(14)5-6-12(9)11/h2-8,13-14H,1H3. The van der Waals surface area contributed by atoms with Gasteiger partial charge in [0.05, 0.1) is 6.10 Å². The first-order valence-electron chi connectivity index (χ1n) is 4.58. The van der Waals surface area contributed by atoms with Crippen LogP contribution in [0.1, 0.15) is 18.6 Å². The minimum atomic E-state index is -0.483. The summed E-state index contributed by atoms with van der Waals surface area (Å²) in [4.78, 5) is 0. The number of aromatic hydroxyl groups is 1. The third kappa shape index (κ3) is 1.44. The molecule has 2 aromatic rings. The molecule has 0 saturated carbocycles. The van der Waals surface area contributed by atoms with Gasteiger partial charge in [-0.1, -0.05) is 24.3 Å². The fourth-order valence-corrected chi connectivity index (χ4v) is 1.66. The van der Waals surface area contributed by atoms with Crippen molar-refractivity contribution in [3.05, 3.63) is 42.0 Å². The fourth-order valence-electron chi connectivity index (χ4n) is 1.66. The summed E-state index contributed by atoms with van der Waals surface area (Å²) in [6.45, 7) is 1.74. The van der Waals surface area contributed by atoms with Crippen molar-refractivity contribution in [2.45, 2.75) is 13.0 Å². The zero-order chi connectivity index (χ0) is 10.1. The third-order valence-electron chi connectivity index (χ3n) is 2.35. The van der Waals surface area contributed by atoms with Crippen molar-refractivity contribution in [3.63, 3.8) is 0 Å². The maximum absolute atomic E-state index is 9.53. The number of aliphatic hydroxyl groups excluding tert-OH is 1. The van der Waals surface area contributed by atoms with Crippen LogP contribution in [-0.4, -0.2) is 10.2 Å². The zero-order valence-electron chi connectivity index (χ0n) is 7.94. The molecule has 0 aromatic heterocycles. The summed E-state index contributed by atoms with van der Waals surface area (Å²) in [6, 6.07) is 10.8. The molecule has 14 heavy (non-hydrogen) atoms. The highest BCUT2D eigenvalue weighted by Gasteiger charge is 2.05. The molecule has 0 spiro atoms. The molecule has 0 radical (unpaired) electrons. The van der Waals surface area contributed by atoms with E-state index in [9.17, 15) is 10.2 Å². The molecule has 2 nitrogen and oxygen atoms in total. The van der Waals surface area contributed by atoms with Crippen LogP contribution in [0.2, 0.25) is 0 Å². The van der Waals surface area contributed by atoms with Gasteiger partial charge in [-0.15, -0.1) is 0 Å². The molecule has 0 aliphatic rings. The van der Waals surface area contributed by atoms with E-state index in [-0.39, 0.29) is 5.75 Å². The Morgan fingerprint density at radius 2 is 1.93 bits per heavy atom. The number of benzene rings is 2. The van der Waals surface area contributed by atoms with Gasteiger partial charge < -0.3 is 10.2 Å². The largest absolute Gasteiger partial charge is 0.508 e. The molecule has 2 heteroatoms. The molecule has 72 valence electrons. The predicted octanol–water partition coefficient (Wildman–Crippen LogP) is 2.60. The van der Waals surface area contributed by atoms with E-state index in [0.29, 0.717) is 0 Å². The lowest BCUT2D eigenvalue weighted by molar-refractivity contribution is 0.201. The molecule has 0 amide bonds. The van der Waals surface area contributed by atoms with Crippen LogP contribution in [0.25, 0.3) is 10.8 Å². The van der Waals surface area contributed by atoms with Crippen molar-refractivity contribution in [1.82, 2.24) is 0 Å². The summed E-state index contributed by atoms with van der Waals surface area (Å²) in [5.41, 5.74) is 0.891. The van der Waals surface area contributed by atoms with Crippen molar-refractivity contribution in [3.8, 4) is 5.75 Å². The van der Waals surface area contributed by atoms with Crippen LogP contribution in [0.3, 0.4) is 0 Å². The molecule has 1 atom stereocenters. The average Bonchev–Trinajstić information content (AvgIpc) is 2.16. The lowest BCUT2D eigenvalue weighted by Crippen LogP contribution is -1.91. The number of phenolic OH excluding ortho intramolecular Hbond substituents is 1. The number of fused-ring (bicyclic) bond motifs is 1. The number of hydrogen-bond donors (Lipinski definition) is 2. The van der Waals surface area contributed by atoms with Crippen LogP contribution in [0.5, 0.6) is 5.75 Å². The van der Waals surface area contributed by atoms with Crippen molar-refractivity contribution in [2.24, 2.45) is 0 Å². The Hall–Kier alpha value is -1.54. The van der Waals surface area contributed by atoms with E-state index in [2.05, 4.69) is 0 Å². The molecular formula is C12H12O2. The Morgan fingerprint density at radius 1 is 1.14 bits per heavy atom. The summed E-state index contributed by atoms with van der Waals surface area (Å²) >= 11 is 0. The lowest BCUT2D eigenvalue weighted by atomic mass is 10.0. The molecule has 1 unspecified atom stereocenters. The summed E-state index contributed by atoms with van der Waals surface area (Å²) in [7, 11) is 0. The van der Waals surface area contributed by atoms with Gasteiger partial charge in [-0.2, -0.15) is 0 Å². The zero-order valence-corrected chi connectivity index (χ0v) is 7.94. The molecular weight excluding hydrogens is 176 g/mol. The van der Waals surface area contributed by atoms with Gasteiger partial charge >= 0.3 is 0 Å². The molecule has 0 aliphatic heterocycles. The second-order valence-corrected chi connectivity index (χ2v) is 3.43.